The Morgan fingerprint density at radius 1 is 1.22 bits per heavy atom. The average molecular weight is 311 g/mol. The number of rotatable bonds is 3. The van der Waals surface area contributed by atoms with Crippen molar-refractivity contribution in [2.24, 2.45) is 5.73 Å². The van der Waals surface area contributed by atoms with E-state index in [0.717, 1.165) is 5.56 Å². The molecule has 2 aromatic rings. The zero-order valence-electron chi connectivity index (χ0n) is 12.5. The molecule has 118 valence electrons. The van der Waals surface area contributed by atoms with Crippen molar-refractivity contribution in [2.75, 3.05) is 6.54 Å². The van der Waals surface area contributed by atoms with Crippen molar-refractivity contribution in [3.05, 3.63) is 75.3 Å². The van der Waals surface area contributed by atoms with Gasteiger partial charge in [-0.3, -0.25) is 14.9 Å². The molecule has 0 fully saturated rings. The van der Waals surface area contributed by atoms with E-state index in [-0.39, 0.29) is 17.6 Å². The monoisotopic (exact) mass is 311 g/mol. The number of non-ortho nitro benzene ring substituents is 1. The molecule has 0 bridgehead atoms. The van der Waals surface area contributed by atoms with Gasteiger partial charge in [-0.1, -0.05) is 30.3 Å². The Morgan fingerprint density at radius 2 is 1.96 bits per heavy atom. The van der Waals surface area contributed by atoms with Crippen LogP contribution in [0.1, 0.15) is 21.5 Å². The van der Waals surface area contributed by atoms with Crippen LogP contribution in [0.2, 0.25) is 0 Å². The number of nitro benzene ring substituents is 1. The van der Waals surface area contributed by atoms with Crippen LogP contribution in [0.15, 0.2) is 48.5 Å². The molecule has 3 rings (SSSR count). The van der Waals surface area contributed by atoms with Crippen molar-refractivity contribution in [1.82, 2.24) is 4.90 Å². The summed E-state index contributed by atoms with van der Waals surface area (Å²) in [6.07, 6.45) is 0.702. The third-order valence-electron chi connectivity index (χ3n) is 4.19. The molecule has 0 saturated carbocycles. The zero-order valence-corrected chi connectivity index (χ0v) is 12.5. The number of nitrogens with two attached hydrogens (primary N) is 1. The van der Waals surface area contributed by atoms with Gasteiger partial charge in [-0.2, -0.15) is 0 Å². The molecule has 0 unspecified atom stereocenters. The van der Waals surface area contributed by atoms with Gasteiger partial charge in [0, 0.05) is 36.8 Å². The van der Waals surface area contributed by atoms with E-state index < -0.39 is 4.92 Å². The fourth-order valence-corrected chi connectivity index (χ4v) is 2.95. The lowest BCUT2D eigenvalue weighted by Gasteiger charge is -2.36. The highest BCUT2D eigenvalue weighted by Crippen LogP contribution is 2.25. The van der Waals surface area contributed by atoms with E-state index in [1.165, 1.54) is 23.8 Å². The lowest BCUT2D eigenvalue weighted by molar-refractivity contribution is -0.384. The quantitative estimate of drug-likeness (QED) is 0.694. The van der Waals surface area contributed by atoms with Crippen LogP contribution in [0.4, 0.5) is 5.69 Å². The second-order valence-corrected chi connectivity index (χ2v) is 5.60. The number of nitro groups is 1. The summed E-state index contributed by atoms with van der Waals surface area (Å²) in [6.45, 7) is 0.828. The number of nitrogens with zero attached hydrogens (tertiary/aromatic N) is 2. The topological polar surface area (TPSA) is 89.5 Å². The molecule has 1 atom stereocenters. The summed E-state index contributed by atoms with van der Waals surface area (Å²) in [7, 11) is 0. The van der Waals surface area contributed by atoms with Crippen LogP contribution in [0, 0.1) is 10.1 Å². The Balaban J connectivity index is 1.92. The van der Waals surface area contributed by atoms with E-state index in [2.05, 4.69) is 0 Å². The summed E-state index contributed by atoms with van der Waals surface area (Å²) in [5.41, 5.74) is 8.37. The minimum absolute atomic E-state index is 0.0856. The summed E-state index contributed by atoms with van der Waals surface area (Å²) < 4.78 is 0. The number of carbonyl (C=O) groups excluding carboxylic acids is 1. The second kappa shape index (κ2) is 6.18. The molecule has 1 heterocycles. The van der Waals surface area contributed by atoms with Crippen LogP contribution in [0.3, 0.4) is 0 Å². The van der Waals surface area contributed by atoms with Crippen molar-refractivity contribution in [1.29, 1.82) is 0 Å². The highest BCUT2D eigenvalue weighted by Gasteiger charge is 2.29. The van der Waals surface area contributed by atoms with Crippen LogP contribution < -0.4 is 5.73 Å². The molecule has 6 nitrogen and oxygen atoms in total. The first-order chi connectivity index (χ1) is 11.1. The highest BCUT2D eigenvalue weighted by atomic mass is 16.6. The first kappa shape index (κ1) is 15.2. The summed E-state index contributed by atoms with van der Waals surface area (Å²) in [5.74, 6) is -0.223. The molecule has 0 spiro atoms. The minimum Gasteiger partial charge on any atom is -0.330 e. The van der Waals surface area contributed by atoms with Crippen molar-refractivity contribution in [2.45, 2.75) is 19.0 Å². The van der Waals surface area contributed by atoms with Gasteiger partial charge in [-0.25, -0.2) is 0 Å². The van der Waals surface area contributed by atoms with Crippen LogP contribution in [0.25, 0.3) is 0 Å². The van der Waals surface area contributed by atoms with Gasteiger partial charge in [0.1, 0.15) is 0 Å². The first-order valence-corrected chi connectivity index (χ1v) is 7.42. The number of carbonyl (C=O) groups is 1. The molecule has 23 heavy (non-hydrogen) atoms. The molecule has 1 aliphatic rings. The fourth-order valence-electron chi connectivity index (χ4n) is 2.95. The fraction of sp³-hybridized carbons (Fsp3) is 0.235. The summed E-state index contributed by atoms with van der Waals surface area (Å²) >= 11 is 0. The summed E-state index contributed by atoms with van der Waals surface area (Å²) in [6, 6.07) is 13.7. The van der Waals surface area contributed by atoms with Gasteiger partial charge in [0.05, 0.1) is 4.92 Å². The number of fused-ring (bicyclic) bond motifs is 1. The molecule has 0 radical (unpaired) electrons. The molecule has 1 amide bonds. The molecule has 0 aliphatic carbocycles. The molecule has 0 saturated heterocycles. The normalized spacial score (nSPS) is 16.7. The molecule has 6 heteroatoms. The lowest BCUT2D eigenvalue weighted by atomic mass is 9.93. The van der Waals surface area contributed by atoms with Gasteiger partial charge in [0.15, 0.2) is 0 Å². The van der Waals surface area contributed by atoms with E-state index in [1.54, 1.807) is 11.0 Å². The van der Waals surface area contributed by atoms with Crippen LogP contribution >= 0.6 is 0 Å². The largest absolute Gasteiger partial charge is 0.330 e. The lowest BCUT2D eigenvalue weighted by Crippen LogP contribution is -2.48. The Hall–Kier alpha value is -2.73. The maximum atomic E-state index is 12.8. The average Bonchev–Trinajstić information content (AvgIpc) is 2.60. The van der Waals surface area contributed by atoms with Crippen LogP contribution in [-0.4, -0.2) is 28.3 Å². The molecule has 0 aromatic heterocycles. The van der Waals surface area contributed by atoms with Crippen LogP contribution in [0.5, 0.6) is 0 Å². The number of benzene rings is 2. The Bertz CT molecular complexity index is 760. The van der Waals surface area contributed by atoms with Crippen LogP contribution in [-0.2, 0) is 13.0 Å². The Kier molecular flexibility index (Phi) is 4.08. The van der Waals surface area contributed by atoms with Gasteiger partial charge in [-0.15, -0.1) is 0 Å². The summed E-state index contributed by atoms with van der Waals surface area (Å²) in [5, 5.41) is 10.9. The molecule has 1 aliphatic heterocycles. The first-order valence-electron chi connectivity index (χ1n) is 7.42. The summed E-state index contributed by atoms with van der Waals surface area (Å²) in [4.78, 5) is 24.9. The predicted octanol–water partition coefficient (Wildman–Crippen LogP) is 2.12. The van der Waals surface area contributed by atoms with Gasteiger partial charge in [0.25, 0.3) is 11.6 Å². The van der Waals surface area contributed by atoms with Gasteiger partial charge in [-0.05, 0) is 23.6 Å². The Morgan fingerprint density at radius 3 is 2.65 bits per heavy atom. The van der Waals surface area contributed by atoms with E-state index in [4.69, 9.17) is 5.73 Å². The van der Waals surface area contributed by atoms with Gasteiger partial charge < -0.3 is 10.6 Å². The number of hydrogen-bond acceptors (Lipinski definition) is 4. The highest BCUT2D eigenvalue weighted by molar-refractivity contribution is 5.95. The van der Waals surface area contributed by atoms with Crippen molar-refractivity contribution in [3.63, 3.8) is 0 Å². The molecule has 2 N–H and O–H groups in total. The molecule has 2 aromatic carbocycles. The van der Waals surface area contributed by atoms with Crippen molar-refractivity contribution in [3.8, 4) is 0 Å². The third kappa shape index (κ3) is 2.93. The SMILES string of the molecule is NC[C@@H]1Cc2ccccc2CN1C(=O)c1cccc([N+](=O)[O-])c1. The number of amides is 1. The van der Waals surface area contributed by atoms with E-state index >= 15 is 0 Å². The van der Waals surface area contributed by atoms with E-state index in [0.29, 0.717) is 25.1 Å². The van der Waals surface area contributed by atoms with Crippen molar-refractivity contribution < 1.29 is 9.72 Å². The van der Waals surface area contributed by atoms with Gasteiger partial charge in [0.2, 0.25) is 0 Å². The molecular weight excluding hydrogens is 294 g/mol. The van der Waals surface area contributed by atoms with E-state index in [1.807, 2.05) is 24.3 Å². The number of hydrogen-bond donors (Lipinski definition) is 1. The van der Waals surface area contributed by atoms with Gasteiger partial charge >= 0.3 is 0 Å². The van der Waals surface area contributed by atoms with Crippen molar-refractivity contribution >= 4 is 11.6 Å². The standard InChI is InChI=1S/C17H17N3O3/c18-10-16-8-12-4-1-2-5-14(12)11-19(16)17(21)13-6-3-7-15(9-13)20(22)23/h1-7,9,16H,8,10-11,18H2/t16-/m0/s1. The smallest absolute Gasteiger partial charge is 0.270 e. The molecular formula is C17H17N3O3. The minimum atomic E-state index is -0.497. The Labute approximate surface area is 133 Å². The van der Waals surface area contributed by atoms with E-state index in [9.17, 15) is 14.9 Å². The maximum Gasteiger partial charge on any atom is 0.270 e. The second-order valence-electron chi connectivity index (χ2n) is 5.60. The predicted molar refractivity (Wildman–Crippen MR) is 86.0 cm³/mol. The maximum absolute atomic E-state index is 12.8. The zero-order chi connectivity index (χ0) is 16.4. The third-order valence-corrected chi connectivity index (χ3v) is 4.19.